The Hall–Kier alpha value is -3.87. The summed E-state index contributed by atoms with van der Waals surface area (Å²) in [7, 11) is 0. The van der Waals surface area contributed by atoms with Gasteiger partial charge in [0.25, 0.3) is 5.69 Å². The number of carbonyl (C=O) groups is 1. The first-order valence-electron chi connectivity index (χ1n) is 10.4. The van der Waals surface area contributed by atoms with E-state index in [1.54, 1.807) is 75.4 Å². The number of nitro benzene ring substituents is 1. The van der Waals surface area contributed by atoms with Gasteiger partial charge in [-0.15, -0.1) is 0 Å². The van der Waals surface area contributed by atoms with Crippen molar-refractivity contribution in [3.8, 4) is 0 Å². The van der Waals surface area contributed by atoms with E-state index in [-0.39, 0.29) is 17.0 Å². The number of hydrogen-bond acceptors (Lipinski definition) is 5. The third-order valence-electron chi connectivity index (χ3n) is 4.71. The first-order valence-corrected chi connectivity index (χ1v) is 10.4. The van der Waals surface area contributed by atoms with Crippen LogP contribution in [0, 0.1) is 10.1 Å². The van der Waals surface area contributed by atoms with Crippen LogP contribution in [-0.2, 0) is 16.0 Å². The van der Waals surface area contributed by atoms with E-state index < -0.39 is 28.7 Å². The summed E-state index contributed by atoms with van der Waals surface area (Å²) in [4.78, 5) is 28.3. The van der Waals surface area contributed by atoms with E-state index in [1.165, 1.54) is 18.2 Å². The molecule has 7 heteroatoms. The third kappa shape index (κ3) is 6.10. The molecule has 0 bridgehead atoms. The van der Waals surface area contributed by atoms with Gasteiger partial charge in [0, 0.05) is 29.2 Å². The van der Waals surface area contributed by atoms with Crippen molar-refractivity contribution in [2.24, 2.45) is 4.99 Å². The van der Waals surface area contributed by atoms with Gasteiger partial charge in [-0.25, -0.2) is 14.2 Å². The maximum absolute atomic E-state index is 16.6. The number of carbonyl (C=O) groups excluding carboxylic acids is 1. The fraction of sp³-hybridized carbons (Fsp3) is 0.231. The molecule has 0 saturated heterocycles. The maximum atomic E-state index is 16.6. The average Bonchev–Trinajstić information content (AvgIpc) is 2.78. The first-order chi connectivity index (χ1) is 15.6. The minimum absolute atomic E-state index is 0.0417. The van der Waals surface area contributed by atoms with Crippen molar-refractivity contribution in [1.82, 2.24) is 0 Å². The Morgan fingerprint density at radius 1 is 0.909 bits per heavy atom. The molecule has 0 heterocycles. The lowest BCUT2D eigenvalue weighted by Gasteiger charge is -2.27. The zero-order chi connectivity index (χ0) is 24.1. The number of para-hydroxylation sites is 1. The Bertz CT molecular complexity index is 1120. The molecular formula is C26H25FN2O4. The van der Waals surface area contributed by atoms with Crippen LogP contribution in [-0.4, -0.2) is 28.0 Å². The maximum Gasteiger partial charge on any atom is 0.367 e. The molecule has 1 atom stereocenters. The molecule has 0 aromatic heterocycles. The van der Waals surface area contributed by atoms with Crippen LogP contribution in [0.2, 0.25) is 0 Å². The predicted octanol–water partition coefficient (Wildman–Crippen LogP) is 5.68. The number of hydrogen-bond donors (Lipinski definition) is 0. The van der Waals surface area contributed by atoms with Gasteiger partial charge in [-0.05, 0) is 20.8 Å². The van der Waals surface area contributed by atoms with Gasteiger partial charge in [0.1, 0.15) is 5.60 Å². The second-order valence-electron chi connectivity index (χ2n) is 8.52. The molecule has 0 spiro atoms. The average molecular weight is 448 g/mol. The van der Waals surface area contributed by atoms with Crippen molar-refractivity contribution in [1.29, 1.82) is 0 Å². The fourth-order valence-electron chi connectivity index (χ4n) is 3.27. The molecule has 170 valence electrons. The Balaban J connectivity index is 2.20. The molecule has 3 aromatic rings. The van der Waals surface area contributed by atoms with Crippen molar-refractivity contribution < 1.29 is 18.8 Å². The van der Waals surface area contributed by atoms with E-state index in [9.17, 15) is 14.9 Å². The van der Waals surface area contributed by atoms with E-state index >= 15 is 4.39 Å². The van der Waals surface area contributed by atoms with Gasteiger partial charge in [-0.2, -0.15) is 0 Å². The zero-order valence-electron chi connectivity index (χ0n) is 18.7. The van der Waals surface area contributed by atoms with Crippen molar-refractivity contribution in [2.75, 3.05) is 0 Å². The standard InChI is InChI=1S/C26H25FN2O4/c1-25(2,3)33-24(30)26(27,18-21-16-10-11-17-22(21)29(31)32)28-23(19-12-6-4-7-13-19)20-14-8-5-9-15-20/h4-17H,18H2,1-3H3. The molecule has 0 radical (unpaired) electrons. The molecule has 0 saturated carbocycles. The summed E-state index contributed by atoms with van der Waals surface area (Å²) in [6.45, 7) is 4.86. The number of alkyl halides is 1. The zero-order valence-corrected chi connectivity index (χ0v) is 18.7. The van der Waals surface area contributed by atoms with Crippen LogP contribution in [0.25, 0.3) is 0 Å². The molecule has 33 heavy (non-hydrogen) atoms. The minimum atomic E-state index is -2.90. The smallest absolute Gasteiger partial charge is 0.367 e. The van der Waals surface area contributed by atoms with Gasteiger partial charge in [0.2, 0.25) is 0 Å². The second-order valence-corrected chi connectivity index (χ2v) is 8.52. The van der Waals surface area contributed by atoms with Crippen LogP contribution in [0.15, 0.2) is 89.9 Å². The number of halogens is 1. The van der Waals surface area contributed by atoms with Crippen molar-refractivity contribution in [3.05, 3.63) is 112 Å². The van der Waals surface area contributed by atoms with Gasteiger partial charge in [-0.3, -0.25) is 10.1 Å². The van der Waals surface area contributed by atoms with Gasteiger partial charge < -0.3 is 4.74 Å². The topological polar surface area (TPSA) is 81.8 Å². The van der Waals surface area contributed by atoms with Crippen LogP contribution < -0.4 is 0 Å². The van der Waals surface area contributed by atoms with Crippen LogP contribution in [0.1, 0.15) is 37.5 Å². The normalized spacial score (nSPS) is 13.0. The monoisotopic (exact) mass is 448 g/mol. The Labute approximate surface area is 191 Å². The third-order valence-corrected chi connectivity index (χ3v) is 4.71. The van der Waals surface area contributed by atoms with Crippen LogP contribution in [0.4, 0.5) is 10.1 Å². The lowest BCUT2D eigenvalue weighted by Crippen LogP contribution is -2.41. The summed E-state index contributed by atoms with van der Waals surface area (Å²) < 4.78 is 21.9. The van der Waals surface area contributed by atoms with Crippen molar-refractivity contribution >= 4 is 17.4 Å². The van der Waals surface area contributed by atoms with E-state index in [0.717, 1.165) is 0 Å². The van der Waals surface area contributed by atoms with Gasteiger partial charge >= 0.3 is 11.8 Å². The number of esters is 1. The molecule has 0 amide bonds. The molecule has 0 fully saturated rings. The highest BCUT2D eigenvalue weighted by Gasteiger charge is 2.44. The molecule has 3 rings (SSSR count). The Morgan fingerprint density at radius 3 is 1.88 bits per heavy atom. The molecule has 1 unspecified atom stereocenters. The van der Waals surface area contributed by atoms with Crippen LogP contribution in [0.5, 0.6) is 0 Å². The molecule has 0 aliphatic carbocycles. The largest absolute Gasteiger partial charge is 0.456 e. The highest BCUT2D eigenvalue weighted by molar-refractivity contribution is 6.13. The summed E-state index contributed by atoms with van der Waals surface area (Å²) in [6, 6.07) is 23.5. The quantitative estimate of drug-likeness (QED) is 0.153. The first kappa shape index (κ1) is 23.8. The summed E-state index contributed by atoms with van der Waals surface area (Å²) in [6.07, 6.45) is -0.651. The second kappa shape index (κ2) is 9.73. The van der Waals surface area contributed by atoms with Gasteiger partial charge in [0.05, 0.1) is 10.6 Å². The van der Waals surface area contributed by atoms with E-state index in [1.807, 2.05) is 12.1 Å². The Morgan fingerprint density at radius 2 is 1.39 bits per heavy atom. The Kier molecular flexibility index (Phi) is 7.01. The van der Waals surface area contributed by atoms with E-state index in [2.05, 4.69) is 4.99 Å². The molecule has 3 aromatic carbocycles. The summed E-state index contributed by atoms with van der Waals surface area (Å²) >= 11 is 0. The highest BCUT2D eigenvalue weighted by atomic mass is 19.1. The van der Waals surface area contributed by atoms with E-state index in [0.29, 0.717) is 11.1 Å². The van der Waals surface area contributed by atoms with Crippen LogP contribution >= 0.6 is 0 Å². The molecule has 0 N–H and O–H groups in total. The molecule has 0 aliphatic rings. The SMILES string of the molecule is CC(C)(C)OC(=O)C(F)(Cc1ccccc1[N+](=O)[O-])N=C(c1ccccc1)c1ccccc1. The van der Waals surface area contributed by atoms with Crippen LogP contribution in [0.3, 0.4) is 0 Å². The summed E-state index contributed by atoms with van der Waals surface area (Å²) in [5.41, 5.74) is 0.197. The fourth-order valence-corrected chi connectivity index (χ4v) is 3.27. The number of nitro groups is 1. The highest BCUT2D eigenvalue weighted by Crippen LogP contribution is 2.30. The predicted molar refractivity (Wildman–Crippen MR) is 125 cm³/mol. The number of rotatable bonds is 7. The minimum Gasteiger partial charge on any atom is -0.456 e. The van der Waals surface area contributed by atoms with Gasteiger partial charge in [0.15, 0.2) is 0 Å². The number of nitrogens with zero attached hydrogens (tertiary/aromatic N) is 2. The summed E-state index contributed by atoms with van der Waals surface area (Å²) in [5, 5.41) is 11.5. The number of benzene rings is 3. The molecule has 6 nitrogen and oxygen atoms in total. The number of ether oxygens (including phenoxy) is 1. The lowest BCUT2D eigenvalue weighted by molar-refractivity contribution is -0.385. The van der Waals surface area contributed by atoms with E-state index in [4.69, 9.17) is 4.74 Å². The summed E-state index contributed by atoms with van der Waals surface area (Å²) in [5.74, 6) is -4.11. The van der Waals surface area contributed by atoms with Gasteiger partial charge in [-0.1, -0.05) is 78.9 Å². The molecule has 0 aliphatic heterocycles. The van der Waals surface area contributed by atoms with Crippen molar-refractivity contribution in [3.63, 3.8) is 0 Å². The van der Waals surface area contributed by atoms with Crippen molar-refractivity contribution in [2.45, 2.75) is 38.6 Å². The lowest BCUT2D eigenvalue weighted by atomic mass is 9.98. The number of aliphatic imine (C=N–C) groups is 1. The molecular weight excluding hydrogens is 423 g/mol.